The first-order valence-electron chi connectivity index (χ1n) is 8.90. The molecule has 1 aliphatic rings. The van der Waals surface area contributed by atoms with Gasteiger partial charge in [-0.05, 0) is 50.7 Å². The highest BCUT2D eigenvalue weighted by Crippen LogP contribution is 2.32. The van der Waals surface area contributed by atoms with Crippen molar-refractivity contribution in [2.75, 3.05) is 6.54 Å². The van der Waals surface area contributed by atoms with Gasteiger partial charge in [0.15, 0.2) is 6.10 Å². The number of fused-ring (bicyclic) bond motifs is 2. The lowest BCUT2D eigenvalue weighted by Gasteiger charge is -2.24. The number of carbonyl (C=O) groups is 2. The molecule has 2 aromatic rings. The van der Waals surface area contributed by atoms with E-state index in [4.69, 9.17) is 9.72 Å². The fourth-order valence-corrected chi connectivity index (χ4v) is 3.39. The molecule has 0 fully saturated rings. The van der Waals surface area contributed by atoms with Gasteiger partial charge >= 0.3 is 5.97 Å². The molecule has 0 bridgehead atoms. The van der Waals surface area contributed by atoms with E-state index in [-0.39, 0.29) is 5.91 Å². The molecule has 25 heavy (non-hydrogen) atoms. The summed E-state index contributed by atoms with van der Waals surface area (Å²) in [4.78, 5) is 29.6. The Hall–Kier alpha value is -2.43. The van der Waals surface area contributed by atoms with E-state index >= 15 is 0 Å². The predicted octanol–water partition coefficient (Wildman–Crippen LogP) is 3.04. The maximum absolute atomic E-state index is 12.9. The van der Waals surface area contributed by atoms with Crippen LogP contribution in [0, 0.1) is 5.92 Å². The number of likely N-dealkylation sites (N-methyl/N-ethyl adjacent to an activating group) is 1. The molecule has 3 rings (SSSR count). The highest BCUT2D eigenvalue weighted by molar-refractivity contribution is 6.05. The maximum Gasteiger partial charge on any atom is 0.339 e. The summed E-state index contributed by atoms with van der Waals surface area (Å²) in [6.45, 7) is 6.12. The number of para-hydroxylation sites is 1. The fraction of sp³-hybridized carbons (Fsp3) is 0.450. The molecule has 0 saturated carbocycles. The second kappa shape index (κ2) is 7.21. The molecule has 5 heteroatoms. The third-order valence-corrected chi connectivity index (χ3v) is 4.71. The number of amides is 1. The number of hydrogen-bond acceptors (Lipinski definition) is 4. The van der Waals surface area contributed by atoms with Crippen molar-refractivity contribution in [2.45, 2.75) is 46.1 Å². The highest BCUT2D eigenvalue weighted by atomic mass is 16.5. The average Bonchev–Trinajstić information content (AvgIpc) is 2.59. The van der Waals surface area contributed by atoms with Crippen LogP contribution in [0.4, 0.5) is 0 Å². The van der Waals surface area contributed by atoms with Gasteiger partial charge in [-0.2, -0.15) is 0 Å². The number of rotatable bonds is 4. The second-order valence-electron chi connectivity index (χ2n) is 6.72. The maximum atomic E-state index is 12.9. The Morgan fingerprint density at radius 2 is 2.12 bits per heavy atom. The number of esters is 1. The zero-order chi connectivity index (χ0) is 18.0. The van der Waals surface area contributed by atoms with Gasteiger partial charge in [0.1, 0.15) is 0 Å². The molecule has 5 nitrogen and oxygen atoms in total. The van der Waals surface area contributed by atoms with Crippen LogP contribution in [0.1, 0.15) is 48.8 Å². The van der Waals surface area contributed by atoms with E-state index in [0.29, 0.717) is 18.0 Å². The quantitative estimate of drug-likeness (QED) is 0.869. The van der Waals surface area contributed by atoms with Crippen molar-refractivity contribution in [3.8, 4) is 0 Å². The van der Waals surface area contributed by atoms with Crippen molar-refractivity contribution < 1.29 is 14.3 Å². The molecule has 1 amide bonds. The summed E-state index contributed by atoms with van der Waals surface area (Å²) in [6.07, 6.45) is 1.93. The van der Waals surface area contributed by atoms with Gasteiger partial charge in [0.25, 0.3) is 5.91 Å². The van der Waals surface area contributed by atoms with E-state index in [2.05, 4.69) is 12.2 Å². The Morgan fingerprint density at radius 3 is 2.88 bits per heavy atom. The van der Waals surface area contributed by atoms with Crippen LogP contribution in [0.3, 0.4) is 0 Å². The molecule has 132 valence electrons. The van der Waals surface area contributed by atoms with Crippen LogP contribution in [0.15, 0.2) is 24.3 Å². The summed E-state index contributed by atoms with van der Waals surface area (Å²) >= 11 is 0. The van der Waals surface area contributed by atoms with Crippen LogP contribution < -0.4 is 5.32 Å². The first-order chi connectivity index (χ1) is 12.0. The Kier molecular flexibility index (Phi) is 5.02. The van der Waals surface area contributed by atoms with Crippen molar-refractivity contribution in [2.24, 2.45) is 5.92 Å². The van der Waals surface area contributed by atoms with E-state index in [9.17, 15) is 9.59 Å². The van der Waals surface area contributed by atoms with Gasteiger partial charge in [-0.1, -0.05) is 25.1 Å². The topological polar surface area (TPSA) is 68.3 Å². The third-order valence-electron chi connectivity index (χ3n) is 4.71. The fourth-order valence-electron chi connectivity index (χ4n) is 3.39. The Labute approximate surface area is 147 Å². The van der Waals surface area contributed by atoms with Crippen molar-refractivity contribution >= 4 is 22.8 Å². The Bertz CT molecular complexity index is 816. The molecule has 1 heterocycles. The smallest absolute Gasteiger partial charge is 0.339 e. The van der Waals surface area contributed by atoms with Crippen molar-refractivity contribution in [3.05, 3.63) is 41.1 Å². The molecule has 1 N–H and O–H groups in total. The molecule has 1 aromatic heterocycles. The zero-order valence-corrected chi connectivity index (χ0v) is 15.0. The van der Waals surface area contributed by atoms with E-state index in [1.165, 1.54) is 0 Å². The van der Waals surface area contributed by atoms with Crippen molar-refractivity contribution in [1.82, 2.24) is 10.3 Å². The van der Waals surface area contributed by atoms with Gasteiger partial charge in [0.2, 0.25) is 0 Å². The van der Waals surface area contributed by atoms with Gasteiger partial charge in [0.05, 0.1) is 11.1 Å². The lowest BCUT2D eigenvalue weighted by atomic mass is 9.84. The van der Waals surface area contributed by atoms with Crippen LogP contribution in [0.25, 0.3) is 10.9 Å². The number of carbonyl (C=O) groups excluding carboxylic acids is 2. The Morgan fingerprint density at radius 1 is 1.36 bits per heavy atom. The zero-order valence-electron chi connectivity index (χ0n) is 15.0. The molecule has 1 aromatic carbocycles. The summed E-state index contributed by atoms with van der Waals surface area (Å²) in [6, 6.07) is 7.62. The number of nitrogens with one attached hydrogen (secondary N) is 1. The van der Waals surface area contributed by atoms with Crippen LogP contribution in [0.5, 0.6) is 0 Å². The normalized spacial score (nSPS) is 17.6. The number of aryl methyl sites for hydroxylation is 1. The summed E-state index contributed by atoms with van der Waals surface area (Å²) in [5.41, 5.74) is 3.33. The number of hydrogen-bond donors (Lipinski definition) is 1. The predicted molar refractivity (Wildman–Crippen MR) is 96.5 cm³/mol. The number of benzene rings is 1. The second-order valence-corrected chi connectivity index (χ2v) is 6.72. The minimum absolute atomic E-state index is 0.281. The minimum atomic E-state index is -0.823. The molecule has 1 aliphatic carbocycles. The van der Waals surface area contributed by atoms with Crippen LogP contribution in [-0.4, -0.2) is 29.5 Å². The molecule has 0 unspecified atom stereocenters. The highest BCUT2D eigenvalue weighted by Gasteiger charge is 2.28. The monoisotopic (exact) mass is 340 g/mol. The third kappa shape index (κ3) is 3.50. The molecule has 0 radical (unpaired) electrons. The summed E-state index contributed by atoms with van der Waals surface area (Å²) < 4.78 is 5.48. The van der Waals surface area contributed by atoms with Gasteiger partial charge < -0.3 is 10.1 Å². The van der Waals surface area contributed by atoms with Crippen molar-refractivity contribution in [1.29, 1.82) is 0 Å². The van der Waals surface area contributed by atoms with Crippen molar-refractivity contribution in [3.63, 3.8) is 0 Å². The first-order valence-corrected chi connectivity index (χ1v) is 8.90. The van der Waals surface area contributed by atoms with E-state index < -0.39 is 12.1 Å². The Balaban J connectivity index is 2.03. The van der Waals surface area contributed by atoms with Gasteiger partial charge in [-0.15, -0.1) is 0 Å². The molecular formula is C20H24N2O3. The lowest BCUT2D eigenvalue weighted by Crippen LogP contribution is -2.36. The van der Waals surface area contributed by atoms with E-state index in [0.717, 1.165) is 41.4 Å². The van der Waals surface area contributed by atoms with Gasteiger partial charge in [-0.25, -0.2) is 4.79 Å². The SMILES string of the molecule is CCNC(=O)[C@@H](C)OC(=O)c1c2c(nc3ccccc13)CC[C@@H](C)C2. The van der Waals surface area contributed by atoms with Gasteiger partial charge in [-0.3, -0.25) is 9.78 Å². The lowest BCUT2D eigenvalue weighted by molar-refractivity contribution is -0.128. The standard InChI is InChI=1S/C20H24N2O3/c1-4-21-19(23)13(3)25-20(24)18-14-7-5-6-8-16(14)22-17-10-9-12(2)11-15(17)18/h5-8,12-13H,4,9-11H2,1-3H3,(H,21,23)/t12-,13-/m1/s1. The van der Waals surface area contributed by atoms with Gasteiger partial charge in [0, 0.05) is 17.6 Å². The molecule has 2 atom stereocenters. The molecular weight excluding hydrogens is 316 g/mol. The molecule has 0 spiro atoms. The number of aromatic nitrogens is 1. The van der Waals surface area contributed by atoms with E-state index in [1.807, 2.05) is 31.2 Å². The first kappa shape index (κ1) is 17.4. The summed E-state index contributed by atoms with van der Waals surface area (Å²) in [5.74, 6) is -0.220. The molecule has 0 saturated heterocycles. The average molecular weight is 340 g/mol. The molecule has 0 aliphatic heterocycles. The van der Waals surface area contributed by atoms with E-state index in [1.54, 1.807) is 6.92 Å². The minimum Gasteiger partial charge on any atom is -0.449 e. The summed E-state index contributed by atoms with van der Waals surface area (Å²) in [5, 5.41) is 3.48. The van der Waals surface area contributed by atoms with Crippen LogP contribution in [0.2, 0.25) is 0 Å². The summed E-state index contributed by atoms with van der Waals surface area (Å²) in [7, 11) is 0. The number of pyridine rings is 1. The van der Waals surface area contributed by atoms with Crippen LogP contribution in [-0.2, 0) is 22.4 Å². The number of ether oxygens (including phenoxy) is 1. The largest absolute Gasteiger partial charge is 0.449 e. The van der Waals surface area contributed by atoms with Crippen LogP contribution >= 0.6 is 0 Å². The number of nitrogens with zero attached hydrogens (tertiary/aromatic N) is 1.